The number of rotatable bonds is 10. The zero-order valence-corrected chi connectivity index (χ0v) is 14.1. The molecule has 1 rings (SSSR count). The van der Waals surface area contributed by atoms with Gasteiger partial charge in [-0.2, -0.15) is 0 Å². The van der Waals surface area contributed by atoms with Crippen LogP contribution in [0.2, 0.25) is 0 Å². The number of nitrogens with zero attached hydrogens (tertiary/aromatic N) is 2. The molecule has 5 nitrogen and oxygen atoms in total. The fourth-order valence-corrected chi connectivity index (χ4v) is 2.54. The molecule has 0 spiro atoms. The quantitative estimate of drug-likeness (QED) is 0.407. The zero-order chi connectivity index (χ0) is 15.3. The first-order valence-corrected chi connectivity index (χ1v) is 8.16. The Kier molecular flexibility index (Phi) is 9.86. The predicted octanol–water partition coefficient (Wildman–Crippen LogP) is 1.85. The second-order valence-corrected chi connectivity index (χ2v) is 5.72. The number of ether oxygens (including phenoxy) is 2. The Morgan fingerprint density at radius 2 is 2.24 bits per heavy atom. The van der Waals surface area contributed by atoms with E-state index in [1.54, 1.807) is 18.4 Å². The normalized spacial score (nSPS) is 11.7. The monoisotopic (exact) mass is 313 g/mol. The first-order chi connectivity index (χ1) is 10.3. The third kappa shape index (κ3) is 8.04. The third-order valence-electron chi connectivity index (χ3n) is 3.03. The number of thiophene rings is 1. The average molecular weight is 313 g/mol. The summed E-state index contributed by atoms with van der Waals surface area (Å²) in [6.45, 7) is 3.88. The Bertz CT molecular complexity index is 382. The molecule has 0 radical (unpaired) electrons. The lowest BCUT2D eigenvalue weighted by Crippen LogP contribution is -2.40. The van der Waals surface area contributed by atoms with Crippen LogP contribution in [0.5, 0.6) is 0 Å². The third-order valence-corrected chi connectivity index (χ3v) is 3.96. The second kappa shape index (κ2) is 11.5. The van der Waals surface area contributed by atoms with Crippen LogP contribution in [-0.2, 0) is 15.9 Å². The van der Waals surface area contributed by atoms with E-state index in [4.69, 9.17) is 9.47 Å². The number of hydrogen-bond donors (Lipinski definition) is 1. The first kappa shape index (κ1) is 17.9. The summed E-state index contributed by atoms with van der Waals surface area (Å²) in [5.74, 6) is 0.934. The second-order valence-electron chi connectivity index (χ2n) is 4.68. The van der Waals surface area contributed by atoms with Crippen molar-refractivity contribution in [2.45, 2.75) is 12.8 Å². The molecule has 0 fully saturated rings. The van der Waals surface area contributed by atoms with Gasteiger partial charge < -0.3 is 19.7 Å². The summed E-state index contributed by atoms with van der Waals surface area (Å²) in [6.07, 6.45) is 2.01. The molecular weight excluding hydrogens is 286 g/mol. The predicted molar refractivity (Wildman–Crippen MR) is 89.3 cm³/mol. The highest BCUT2D eigenvalue weighted by atomic mass is 32.1. The molecule has 1 N–H and O–H groups in total. The fourth-order valence-electron chi connectivity index (χ4n) is 1.84. The maximum atomic E-state index is 5.43. The maximum absolute atomic E-state index is 5.43. The molecule has 0 aliphatic carbocycles. The van der Waals surface area contributed by atoms with Crippen LogP contribution in [0.25, 0.3) is 0 Å². The highest BCUT2D eigenvalue weighted by Crippen LogP contribution is 2.09. The van der Waals surface area contributed by atoms with E-state index >= 15 is 0 Å². The summed E-state index contributed by atoms with van der Waals surface area (Å²) < 4.78 is 10.4. The minimum Gasteiger partial charge on any atom is -0.382 e. The Morgan fingerprint density at radius 1 is 1.38 bits per heavy atom. The number of hydrogen-bond acceptors (Lipinski definition) is 4. The van der Waals surface area contributed by atoms with E-state index in [1.807, 2.05) is 7.05 Å². The van der Waals surface area contributed by atoms with Gasteiger partial charge >= 0.3 is 0 Å². The number of nitrogens with one attached hydrogen (secondary N) is 1. The van der Waals surface area contributed by atoms with Crippen molar-refractivity contribution in [1.82, 2.24) is 10.2 Å². The van der Waals surface area contributed by atoms with Gasteiger partial charge in [-0.1, -0.05) is 6.07 Å². The van der Waals surface area contributed by atoms with Gasteiger partial charge in [0.2, 0.25) is 0 Å². The topological polar surface area (TPSA) is 46.1 Å². The van der Waals surface area contributed by atoms with Crippen molar-refractivity contribution in [2.24, 2.45) is 4.99 Å². The summed E-state index contributed by atoms with van der Waals surface area (Å²) in [5, 5.41) is 5.48. The molecule has 1 heterocycles. The van der Waals surface area contributed by atoms with E-state index in [2.05, 4.69) is 39.8 Å². The molecular formula is C15H27N3O2S. The lowest BCUT2D eigenvalue weighted by atomic mass is 10.3. The molecule has 0 atom stereocenters. The standard InChI is InChI=1S/C15H27N3O2S/c1-16-15(17-8-5-10-20-12-11-19-3)18(2)9-7-14-6-4-13-21-14/h4,6,13H,5,7-12H2,1-3H3,(H,16,17). The molecule has 6 heteroatoms. The van der Waals surface area contributed by atoms with Crippen LogP contribution in [0, 0.1) is 0 Å². The Morgan fingerprint density at radius 3 is 2.90 bits per heavy atom. The molecule has 0 amide bonds. The molecule has 0 saturated carbocycles. The molecule has 0 bridgehead atoms. The molecule has 0 unspecified atom stereocenters. The molecule has 1 aromatic heterocycles. The molecule has 21 heavy (non-hydrogen) atoms. The average Bonchev–Trinajstić information content (AvgIpc) is 3.01. The summed E-state index contributed by atoms with van der Waals surface area (Å²) in [6, 6.07) is 4.27. The summed E-state index contributed by atoms with van der Waals surface area (Å²) in [7, 11) is 5.57. The van der Waals surface area contributed by atoms with E-state index in [0.717, 1.165) is 38.5 Å². The van der Waals surface area contributed by atoms with Crippen molar-refractivity contribution in [3.63, 3.8) is 0 Å². The lowest BCUT2D eigenvalue weighted by Gasteiger charge is -2.21. The highest BCUT2D eigenvalue weighted by Gasteiger charge is 2.05. The van der Waals surface area contributed by atoms with Crippen molar-refractivity contribution in [1.29, 1.82) is 0 Å². The van der Waals surface area contributed by atoms with Crippen molar-refractivity contribution in [2.75, 3.05) is 54.1 Å². The Hall–Kier alpha value is -1.11. The van der Waals surface area contributed by atoms with Gasteiger partial charge in [0.05, 0.1) is 13.2 Å². The summed E-state index contributed by atoms with van der Waals surface area (Å²) in [4.78, 5) is 7.87. The SMILES string of the molecule is CN=C(NCCCOCCOC)N(C)CCc1cccs1. The van der Waals surface area contributed by atoms with E-state index in [0.29, 0.717) is 13.2 Å². The number of guanidine groups is 1. The van der Waals surface area contributed by atoms with Gasteiger partial charge in [-0.3, -0.25) is 4.99 Å². The van der Waals surface area contributed by atoms with Crippen LogP contribution < -0.4 is 5.32 Å². The molecule has 0 aliphatic rings. The Labute approximate surface area is 132 Å². The van der Waals surface area contributed by atoms with Crippen molar-refractivity contribution >= 4 is 17.3 Å². The molecule has 1 aromatic rings. The van der Waals surface area contributed by atoms with Gasteiger partial charge in [0.15, 0.2) is 5.96 Å². The molecule has 0 aromatic carbocycles. The molecule has 0 saturated heterocycles. The molecule has 120 valence electrons. The summed E-state index contributed by atoms with van der Waals surface area (Å²) >= 11 is 1.80. The van der Waals surface area contributed by atoms with Crippen LogP contribution in [0.15, 0.2) is 22.5 Å². The highest BCUT2D eigenvalue weighted by molar-refractivity contribution is 7.09. The van der Waals surface area contributed by atoms with Gasteiger partial charge in [0.25, 0.3) is 0 Å². The summed E-state index contributed by atoms with van der Waals surface area (Å²) in [5.41, 5.74) is 0. The van der Waals surface area contributed by atoms with Crippen LogP contribution in [0.4, 0.5) is 0 Å². The van der Waals surface area contributed by atoms with Crippen LogP contribution in [0.3, 0.4) is 0 Å². The number of methoxy groups -OCH3 is 1. The Balaban J connectivity index is 2.12. The van der Waals surface area contributed by atoms with Gasteiger partial charge in [-0.05, 0) is 24.3 Å². The van der Waals surface area contributed by atoms with Crippen molar-refractivity contribution in [3.8, 4) is 0 Å². The van der Waals surface area contributed by atoms with Crippen molar-refractivity contribution in [3.05, 3.63) is 22.4 Å². The van der Waals surface area contributed by atoms with Gasteiger partial charge in [-0.15, -0.1) is 11.3 Å². The zero-order valence-electron chi connectivity index (χ0n) is 13.3. The molecule has 0 aliphatic heterocycles. The van der Waals surface area contributed by atoms with E-state index in [1.165, 1.54) is 4.88 Å². The lowest BCUT2D eigenvalue weighted by molar-refractivity contribution is 0.0698. The van der Waals surface area contributed by atoms with E-state index in [-0.39, 0.29) is 0 Å². The minimum absolute atomic E-state index is 0.653. The van der Waals surface area contributed by atoms with Crippen LogP contribution in [0.1, 0.15) is 11.3 Å². The smallest absolute Gasteiger partial charge is 0.193 e. The van der Waals surface area contributed by atoms with Gasteiger partial charge in [-0.25, -0.2) is 0 Å². The van der Waals surface area contributed by atoms with Crippen molar-refractivity contribution < 1.29 is 9.47 Å². The fraction of sp³-hybridized carbons (Fsp3) is 0.667. The van der Waals surface area contributed by atoms with Gasteiger partial charge in [0.1, 0.15) is 0 Å². The largest absolute Gasteiger partial charge is 0.382 e. The number of aliphatic imine (C=N–C) groups is 1. The maximum Gasteiger partial charge on any atom is 0.193 e. The van der Waals surface area contributed by atoms with E-state index in [9.17, 15) is 0 Å². The van der Waals surface area contributed by atoms with E-state index < -0.39 is 0 Å². The first-order valence-electron chi connectivity index (χ1n) is 7.28. The number of likely N-dealkylation sites (N-methyl/N-ethyl adjacent to an activating group) is 1. The van der Waals surface area contributed by atoms with Gasteiger partial charge in [0, 0.05) is 45.8 Å². The van der Waals surface area contributed by atoms with Crippen LogP contribution in [-0.4, -0.2) is 65.0 Å². The minimum atomic E-state index is 0.653. The van der Waals surface area contributed by atoms with Crippen LogP contribution >= 0.6 is 11.3 Å².